The molecule has 0 spiro atoms. The zero-order valence-electron chi connectivity index (χ0n) is 14.3. The van der Waals surface area contributed by atoms with Crippen LogP contribution in [0.4, 0.5) is 10.5 Å². The molecule has 26 heavy (non-hydrogen) atoms. The first-order chi connectivity index (χ1) is 12.5. The molecule has 0 radical (unpaired) electrons. The van der Waals surface area contributed by atoms with E-state index in [9.17, 15) is 13.2 Å². The quantitative estimate of drug-likeness (QED) is 0.887. The Labute approximate surface area is 152 Å². The summed E-state index contributed by atoms with van der Waals surface area (Å²) in [6, 6.07) is 15.5. The third-order valence-corrected chi connectivity index (χ3v) is 6.00. The Morgan fingerprint density at radius 1 is 1.15 bits per heavy atom. The lowest BCUT2D eigenvalue weighted by molar-refractivity contribution is -0.00255. The number of carbonyl (C=O) groups excluding carboxylic acids is 1. The lowest BCUT2D eigenvalue weighted by Gasteiger charge is -2.32. The summed E-state index contributed by atoms with van der Waals surface area (Å²) in [5, 5.41) is 2.49. The molecule has 1 N–H and O–H groups in total. The van der Waals surface area contributed by atoms with Crippen LogP contribution in [0.3, 0.4) is 0 Å². The topological polar surface area (TPSA) is 84.9 Å². The minimum absolute atomic E-state index is 0.168. The van der Waals surface area contributed by atoms with Crippen molar-refractivity contribution in [2.24, 2.45) is 0 Å². The van der Waals surface area contributed by atoms with Crippen molar-refractivity contribution in [3.05, 3.63) is 60.2 Å². The summed E-state index contributed by atoms with van der Waals surface area (Å²) in [6.45, 7) is 0.892. The highest BCUT2D eigenvalue weighted by atomic mass is 32.2. The van der Waals surface area contributed by atoms with E-state index in [1.807, 2.05) is 30.3 Å². The number of morpholine rings is 1. The lowest BCUT2D eigenvalue weighted by Crippen LogP contribution is -2.42. The third kappa shape index (κ3) is 4.04. The molecule has 0 bridgehead atoms. The van der Waals surface area contributed by atoms with Crippen molar-refractivity contribution in [1.29, 1.82) is 0 Å². The van der Waals surface area contributed by atoms with Crippen molar-refractivity contribution in [3.8, 4) is 0 Å². The van der Waals surface area contributed by atoms with Crippen LogP contribution in [0.25, 0.3) is 0 Å². The number of methoxy groups -OCH3 is 1. The largest absolute Gasteiger partial charge is 0.453 e. The van der Waals surface area contributed by atoms with Crippen LogP contribution in [-0.4, -0.2) is 45.6 Å². The lowest BCUT2D eigenvalue weighted by atomic mass is 10.1. The molecule has 1 aliphatic rings. The predicted molar refractivity (Wildman–Crippen MR) is 96.4 cm³/mol. The van der Waals surface area contributed by atoms with Crippen molar-refractivity contribution < 1.29 is 22.7 Å². The van der Waals surface area contributed by atoms with E-state index in [-0.39, 0.29) is 17.5 Å². The number of hydrogen-bond donors (Lipinski definition) is 1. The first kappa shape index (κ1) is 18.4. The van der Waals surface area contributed by atoms with Gasteiger partial charge in [-0.15, -0.1) is 0 Å². The summed E-state index contributed by atoms with van der Waals surface area (Å²) in [6.07, 6.45) is -0.903. The van der Waals surface area contributed by atoms with Crippen LogP contribution in [0.5, 0.6) is 0 Å². The first-order valence-corrected chi connectivity index (χ1v) is 9.56. The van der Waals surface area contributed by atoms with Crippen molar-refractivity contribution in [2.75, 3.05) is 32.1 Å². The van der Waals surface area contributed by atoms with E-state index >= 15 is 0 Å². The van der Waals surface area contributed by atoms with Gasteiger partial charge in [0.05, 0.1) is 24.7 Å². The maximum absolute atomic E-state index is 12.9. The molecule has 8 heteroatoms. The number of sulfonamides is 1. The predicted octanol–water partition coefficient (Wildman–Crippen LogP) is 2.63. The Balaban J connectivity index is 1.76. The summed E-state index contributed by atoms with van der Waals surface area (Å²) < 4.78 is 37.5. The van der Waals surface area contributed by atoms with Crippen molar-refractivity contribution in [3.63, 3.8) is 0 Å². The molecular formula is C18H20N2O5S. The Morgan fingerprint density at radius 2 is 1.85 bits per heavy atom. The van der Waals surface area contributed by atoms with Crippen LogP contribution in [0.2, 0.25) is 0 Å². The molecule has 1 atom stereocenters. The average molecular weight is 376 g/mol. The number of ether oxygens (including phenoxy) is 2. The fourth-order valence-electron chi connectivity index (χ4n) is 2.74. The number of rotatable bonds is 4. The van der Waals surface area contributed by atoms with Crippen LogP contribution in [0.1, 0.15) is 11.7 Å². The highest BCUT2D eigenvalue weighted by Crippen LogP contribution is 2.27. The van der Waals surface area contributed by atoms with Gasteiger partial charge in [0, 0.05) is 18.8 Å². The number of amides is 1. The molecule has 1 amide bonds. The van der Waals surface area contributed by atoms with Gasteiger partial charge < -0.3 is 9.47 Å². The smallest absolute Gasteiger partial charge is 0.411 e. The number of carbonyl (C=O) groups is 1. The molecule has 1 saturated heterocycles. The van der Waals surface area contributed by atoms with Gasteiger partial charge in [-0.1, -0.05) is 30.3 Å². The van der Waals surface area contributed by atoms with Gasteiger partial charge in [0.2, 0.25) is 10.0 Å². The molecule has 138 valence electrons. The second-order valence-corrected chi connectivity index (χ2v) is 7.71. The van der Waals surface area contributed by atoms with Gasteiger partial charge >= 0.3 is 6.09 Å². The number of hydrogen-bond acceptors (Lipinski definition) is 5. The summed E-state index contributed by atoms with van der Waals surface area (Å²) >= 11 is 0. The van der Waals surface area contributed by atoms with E-state index in [0.717, 1.165) is 5.56 Å². The fraction of sp³-hybridized carbons (Fsp3) is 0.278. The van der Waals surface area contributed by atoms with Gasteiger partial charge in [0.1, 0.15) is 0 Å². The van der Waals surface area contributed by atoms with Crippen molar-refractivity contribution in [1.82, 2.24) is 4.31 Å². The van der Waals surface area contributed by atoms with Gasteiger partial charge in [-0.2, -0.15) is 4.31 Å². The van der Waals surface area contributed by atoms with Crippen LogP contribution >= 0.6 is 0 Å². The normalized spacial score (nSPS) is 18.3. The molecular weight excluding hydrogens is 356 g/mol. The number of nitrogens with one attached hydrogen (secondary N) is 1. The maximum atomic E-state index is 12.9. The summed E-state index contributed by atoms with van der Waals surface area (Å²) in [7, 11) is -2.38. The zero-order valence-corrected chi connectivity index (χ0v) is 15.1. The van der Waals surface area contributed by atoms with Crippen LogP contribution in [0.15, 0.2) is 59.5 Å². The van der Waals surface area contributed by atoms with Crippen LogP contribution in [0, 0.1) is 0 Å². The SMILES string of the molecule is COC(=O)Nc1ccc(S(=O)(=O)N2CCO[C@@H](c3ccccc3)C2)cc1. The minimum atomic E-state index is -3.64. The zero-order chi connectivity index (χ0) is 18.6. The van der Waals surface area contributed by atoms with Gasteiger partial charge in [-0.3, -0.25) is 5.32 Å². The second-order valence-electron chi connectivity index (χ2n) is 5.77. The van der Waals surface area contributed by atoms with Crippen molar-refractivity contribution in [2.45, 2.75) is 11.0 Å². The van der Waals surface area contributed by atoms with E-state index in [2.05, 4.69) is 10.1 Å². The van der Waals surface area contributed by atoms with Gasteiger partial charge in [-0.25, -0.2) is 13.2 Å². The van der Waals surface area contributed by atoms with Gasteiger partial charge in [0.25, 0.3) is 0 Å². The second kappa shape index (κ2) is 7.86. The maximum Gasteiger partial charge on any atom is 0.411 e. The fourth-order valence-corrected chi connectivity index (χ4v) is 4.17. The van der Waals surface area contributed by atoms with Crippen molar-refractivity contribution >= 4 is 21.8 Å². The molecule has 0 unspecified atom stereocenters. The standard InChI is InChI=1S/C18H20N2O5S/c1-24-18(21)19-15-7-9-16(10-8-15)26(22,23)20-11-12-25-17(13-20)14-5-3-2-4-6-14/h2-10,17H,11-13H2,1H3,(H,19,21)/t17-/m1/s1. The molecule has 2 aromatic rings. The number of nitrogens with zero attached hydrogens (tertiary/aromatic N) is 1. The number of benzene rings is 2. The molecule has 2 aromatic carbocycles. The van der Waals surface area contributed by atoms with E-state index < -0.39 is 16.1 Å². The molecule has 0 aromatic heterocycles. The summed E-state index contributed by atoms with van der Waals surface area (Å²) in [5.74, 6) is 0. The van der Waals surface area contributed by atoms with Crippen LogP contribution < -0.4 is 5.32 Å². The molecule has 1 aliphatic heterocycles. The van der Waals surface area contributed by atoms with E-state index in [1.54, 1.807) is 0 Å². The van der Waals surface area contributed by atoms with Crippen LogP contribution in [-0.2, 0) is 19.5 Å². The molecule has 3 rings (SSSR count). The average Bonchev–Trinajstić information content (AvgIpc) is 2.69. The van der Waals surface area contributed by atoms with E-state index in [0.29, 0.717) is 18.8 Å². The summed E-state index contributed by atoms with van der Waals surface area (Å²) in [5.41, 5.74) is 1.41. The Bertz CT molecular complexity index is 853. The molecule has 7 nitrogen and oxygen atoms in total. The molecule has 1 heterocycles. The third-order valence-electron chi connectivity index (χ3n) is 4.12. The Hall–Kier alpha value is -2.42. The monoisotopic (exact) mass is 376 g/mol. The summed E-state index contributed by atoms with van der Waals surface area (Å²) in [4.78, 5) is 11.4. The Morgan fingerprint density at radius 3 is 2.50 bits per heavy atom. The molecule has 0 aliphatic carbocycles. The highest BCUT2D eigenvalue weighted by Gasteiger charge is 2.31. The molecule has 0 saturated carbocycles. The Kier molecular flexibility index (Phi) is 5.55. The van der Waals surface area contributed by atoms with Gasteiger partial charge in [0.15, 0.2) is 0 Å². The number of anilines is 1. The first-order valence-electron chi connectivity index (χ1n) is 8.12. The minimum Gasteiger partial charge on any atom is -0.453 e. The van der Waals surface area contributed by atoms with E-state index in [4.69, 9.17) is 4.74 Å². The van der Waals surface area contributed by atoms with E-state index in [1.165, 1.54) is 35.7 Å². The molecule has 1 fully saturated rings. The highest BCUT2D eigenvalue weighted by molar-refractivity contribution is 7.89. The van der Waals surface area contributed by atoms with Gasteiger partial charge in [-0.05, 0) is 29.8 Å².